The first-order valence-electron chi connectivity index (χ1n) is 5.56. The van der Waals surface area contributed by atoms with E-state index in [0.29, 0.717) is 25.4 Å². The minimum atomic E-state index is -0.0193. The van der Waals surface area contributed by atoms with Crippen molar-refractivity contribution in [2.24, 2.45) is 11.7 Å². The molecular formula is C11H19N3O2. The molecular weight excluding hydrogens is 206 g/mol. The molecule has 3 N–H and O–H groups in total. The summed E-state index contributed by atoms with van der Waals surface area (Å²) in [4.78, 5) is 15.5. The second-order valence-electron chi connectivity index (χ2n) is 3.90. The van der Waals surface area contributed by atoms with E-state index in [1.54, 1.807) is 6.20 Å². The molecule has 1 aromatic heterocycles. The van der Waals surface area contributed by atoms with E-state index in [-0.39, 0.29) is 11.8 Å². The van der Waals surface area contributed by atoms with Gasteiger partial charge in [0.25, 0.3) is 0 Å². The zero-order valence-electron chi connectivity index (χ0n) is 9.82. The number of hydrogen-bond acceptors (Lipinski definition) is 4. The molecule has 1 aromatic rings. The molecule has 5 heteroatoms. The maximum Gasteiger partial charge on any atom is 0.220 e. The number of oxazole rings is 1. The number of carbonyl (C=O) groups is 1. The molecule has 0 bridgehead atoms. The van der Waals surface area contributed by atoms with Crippen molar-refractivity contribution >= 4 is 5.91 Å². The normalized spacial score (nSPS) is 12.4. The van der Waals surface area contributed by atoms with E-state index in [1.807, 2.05) is 13.8 Å². The van der Waals surface area contributed by atoms with Crippen molar-refractivity contribution in [2.75, 3.05) is 6.54 Å². The average molecular weight is 225 g/mol. The minimum Gasteiger partial charge on any atom is -0.444 e. The van der Waals surface area contributed by atoms with Gasteiger partial charge in [-0.3, -0.25) is 4.79 Å². The standard InChI is InChI=1S/C11H19N3O2/c1-3-9-6-14-11(16-9)7-13-10(15)4-8(2)5-12/h6,8H,3-5,7,12H2,1-2H3,(H,13,15). The Balaban J connectivity index is 2.31. The number of aromatic nitrogens is 1. The fourth-order valence-electron chi connectivity index (χ4n) is 1.24. The van der Waals surface area contributed by atoms with Crippen LogP contribution in [0.4, 0.5) is 0 Å². The Labute approximate surface area is 95.4 Å². The lowest BCUT2D eigenvalue weighted by atomic mass is 10.1. The van der Waals surface area contributed by atoms with Gasteiger partial charge in [-0.15, -0.1) is 0 Å². The van der Waals surface area contributed by atoms with E-state index in [9.17, 15) is 4.79 Å². The van der Waals surface area contributed by atoms with Crippen molar-refractivity contribution in [3.8, 4) is 0 Å². The predicted molar refractivity (Wildman–Crippen MR) is 60.6 cm³/mol. The number of nitrogens with two attached hydrogens (primary N) is 1. The fraction of sp³-hybridized carbons (Fsp3) is 0.636. The lowest BCUT2D eigenvalue weighted by Crippen LogP contribution is -2.26. The monoisotopic (exact) mass is 225 g/mol. The highest BCUT2D eigenvalue weighted by atomic mass is 16.4. The zero-order chi connectivity index (χ0) is 12.0. The molecule has 0 fully saturated rings. The van der Waals surface area contributed by atoms with E-state index in [4.69, 9.17) is 10.2 Å². The van der Waals surface area contributed by atoms with E-state index >= 15 is 0 Å². The summed E-state index contributed by atoms with van der Waals surface area (Å²) in [5.41, 5.74) is 5.44. The van der Waals surface area contributed by atoms with Crippen molar-refractivity contribution < 1.29 is 9.21 Å². The van der Waals surface area contributed by atoms with Crippen LogP contribution < -0.4 is 11.1 Å². The van der Waals surface area contributed by atoms with Crippen LogP contribution in [0.2, 0.25) is 0 Å². The molecule has 1 amide bonds. The van der Waals surface area contributed by atoms with Crippen LogP contribution in [0, 0.1) is 5.92 Å². The number of rotatable bonds is 6. The molecule has 0 aliphatic heterocycles. The Morgan fingerprint density at radius 1 is 1.69 bits per heavy atom. The number of nitrogens with one attached hydrogen (secondary N) is 1. The summed E-state index contributed by atoms with van der Waals surface area (Å²) >= 11 is 0. The van der Waals surface area contributed by atoms with Crippen molar-refractivity contribution in [2.45, 2.75) is 33.2 Å². The van der Waals surface area contributed by atoms with Gasteiger partial charge < -0.3 is 15.5 Å². The van der Waals surface area contributed by atoms with E-state index in [1.165, 1.54) is 0 Å². The fourth-order valence-corrected chi connectivity index (χ4v) is 1.24. The van der Waals surface area contributed by atoms with Gasteiger partial charge in [-0.1, -0.05) is 13.8 Å². The summed E-state index contributed by atoms with van der Waals surface area (Å²) in [5.74, 6) is 1.56. The van der Waals surface area contributed by atoms with Crippen LogP contribution in [-0.4, -0.2) is 17.4 Å². The number of carbonyl (C=O) groups excluding carboxylic acids is 1. The second kappa shape index (κ2) is 6.27. The van der Waals surface area contributed by atoms with Gasteiger partial charge in [0.2, 0.25) is 11.8 Å². The van der Waals surface area contributed by atoms with Crippen molar-refractivity contribution in [1.29, 1.82) is 0 Å². The Kier molecular flexibility index (Phi) is 4.98. The number of hydrogen-bond donors (Lipinski definition) is 2. The van der Waals surface area contributed by atoms with Crippen LogP contribution >= 0.6 is 0 Å². The number of nitrogens with zero attached hydrogens (tertiary/aromatic N) is 1. The van der Waals surface area contributed by atoms with Crippen LogP contribution in [0.3, 0.4) is 0 Å². The minimum absolute atomic E-state index is 0.0193. The maximum absolute atomic E-state index is 11.4. The Bertz CT molecular complexity index is 336. The van der Waals surface area contributed by atoms with Crippen molar-refractivity contribution in [3.63, 3.8) is 0 Å². The van der Waals surface area contributed by atoms with Crippen LogP contribution in [-0.2, 0) is 17.8 Å². The molecule has 90 valence electrons. The van der Waals surface area contributed by atoms with Crippen LogP contribution in [0.5, 0.6) is 0 Å². The molecule has 0 spiro atoms. The van der Waals surface area contributed by atoms with E-state index in [2.05, 4.69) is 10.3 Å². The smallest absolute Gasteiger partial charge is 0.220 e. The highest BCUT2D eigenvalue weighted by Gasteiger charge is 2.08. The highest BCUT2D eigenvalue weighted by Crippen LogP contribution is 2.04. The third kappa shape index (κ3) is 4.02. The largest absolute Gasteiger partial charge is 0.444 e. The van der Waals surface area contributed by atoms with Gasteiger partial charge in [-0.25, -0.2) is 4.98 Å². The van der Waals surface area contributed by atoms with Crippen LogP contribution in [0.15, 0.2) is 10.6 Å². The summed E-state index contributed by atoms with van der Waals surface area (Å²) in [6.07, 6.45) is 2.94. The molecule has 1 rings (SSSR count). The molecule has 1 atom stereocenters. The summed E-state index contributed by atoms with van der Waals surface area (Å²) in [6, 6.07) is 0. The summed E-state index contributed by atoms with van der Waals surface area (Å²) in [7, 11) is 0. The SMILES string of the molecule is CCc1cnc(CNC(=O)CC(C)CN)o1. The Morgan fingerprint density at radius 2 is 2.44 bits per heavy atom. The lowest BCUT2D eigenvalue weighted by Gasteiger charge is -2.07. The zero-order valence-corrected chi connectivity index (χ0v) is 9.82. The predicted octanol–water partition coefficient (Wildman–Crippen LogP) is 0.838. The average Bonchev–Trinajstić information content (AvgIpc) is 2.74. The first kappa shape index (κ1) is 12.7. The topological polar surface area (TPSA) is 81.2 Å². The summed E-state index contributed by atoms with van der Waals surface area (Å²) < 4.78 is 5.36. The van der Waals surface area contributed by atoms with Gasteiger partial charge in [-0.05, 0) is 12.5 Å². The highest BCUT2D eigenvalue weighted by molar-refractivity contribution is 5.75. The number of aryl methyl sites for hydroxylation is 1. The van der Waals surface area contributed by atoms with Gasteiger partial charge in [0.05, 0.1) is 12.7 Å². The van der Waals surface area contributed by atoms with Gasteiger partial charge in [-0.2, -0.15) is 0 Å². The first-order valence-corrected chi connectivity index (χ1v) is 5.56. The third-order valence-corrected chi connectivity index (χ3v) is 2.32. The van der Waals surface area contributed by atoms with Crippen molar-refractivity contribution in [3.05, 3.63) is 17.8 Å². The van der Waals surface area contributed by atoms with Crippen molar-refractivity contribution in [1.82, 2.24) is 10.3 Å². The Hall–Kier alpha value is -1.36. The van der Waals surface area contributed by atoms with E-state index < -0.39 is 0 Å². The molecule has 0 saturated carbocycles. The van der Waals surface area contributed by atoms with Crippen LogP contribution in [0.25, 0.3) is 0 Å². The first-order chi connectivity index (χ1) is 7.65. The molecule has 5 nitrogen and oxygen atoms in total. The molecule has 0 saturated heterocycles. The molecule has 1 unspecified atom stereocenters. The molecule has 0 aromatic carbocycles. The number of amides is 1. The molecule has 0 radical (unpaired) electrons. The van der Waals surface area contributed by atoms with Gasteiger partial charge in [0, 0.05) is 12.8 Å². The van der Waals surface area contributed by atoms with Gasteiger partial charge >= 0.3 is 0 Å². The van der Waals surface area contributed by atoms with Crippen LogP contribution in [0.1, 0.15) is 31.9 Å². The molecule has 0 aliphatic rings. The molecule has 16 heavy (non-hydrogen) atoms. The Morgan fingerprint density at radius 3 is 3.00 bits per heavy atom. The molecule has 1 heterocycles. The maximum atomic E-state index is 11.4. The lowest BCUT2D eigenvalue weighted by molar-refractivity contribution is -0.122. The quantitative estimate of drug-likeness (QED) is 0.751. The van der Waals surface area contributed by atoms with E-state index in [0.717, 1.165) is 12.2 Å². The second-order valence-corrected chi connectivity index (χ2v) is 3.90. The summed E-state index contributed by atoms with van der Waals surface area (Å²) in [5, 5.41) is 2.75. The van der Waals surface area contributed by atoms with Gasteiger partial charge in [0.15, 0.2) is 0 Å². The summed E-state index contributed by atoms with van der Waals surface area (Å²) in [6.45, 7) is 4.80. The third-order valence-electron chi connectivity index (χ3n) is 2.32. The van der Waals surface area contributed by atoms with Gasteiger partial charge in [0.1, 0.15) is 5.76 Å². The molecule has 0 aliphatic carbocycles.